The number of amidine groups is 1. The number of nitrogens with zero attached hydrogens (tertiary/aromatic N) is 2. The summed E-state index contributed by atoms with van der Waals surface area (Å²) < 4.78 is 18.6. The number of carbonyl (C=O) groups is 1. The number of furan rings is 1. The van der Waals surface area contributed by atoms with E-state index in [1.165, 1.54) is 18.4 Å². The largest absolute Gasteiger partial charge is 0.459 e. The molecule has 2 aromatic carbocycles. The maximum absolute atomic E-state index is 13.4. The Morgan fingerprint density at radius 2 is 1.70 bits per heavy atom. The fraction of sp³-hybridized carbons (Fsp3) is 0.0952. The summed E-state index contributed by atoms with van der Waals surface area (Å²) in [7, 11) is 0. The molecule has 5 nitrogen and oxygen atoms in total. The number of hydrogen-bond acceptors (Lipinski definition) is 4. The van der Waals surface area contributed by atoms with Crippen molar-refractivity contribution in [1.82, 2.24) is 5.32 Å². The lowest BCUT2D eigenvalue weighted by atomic mass is 9.93. The van der Waals surface area contributed by atoms with E-state index in [9.17, 15) is 9.18 Å². The quantitative estimate of drug-likeness (QED) is 0.714. The number of amides is 1. The Balaban J connectivity index is 1.81. The minimum absolute atomic E-state index is 0.183. The molecule has 1 N–H and O–H groups in total. The summed E-state index contributed by atoms with van der Waals surface area (Å²) in [6, 6.07) is 16.8. The molecule has 1 aromatic heterocycles. The van der Waals surface area contributed by atoms with Crippen molar-refractivity contribution in [2.45, 2.75) is 12.8 Å². The van der Waals surface area contributed by atoms with Crippen molar-refractivity contribution >= 4 is 28.8 Å². The first-order chi connectivity index (χ1) is 13.1. The Bertz CT molecular complexity index is 1040. The Hall–Kier alpha value is -3.54. The Morgan fingerprint density at radius 1 is 1.00 bits per heavy atom. The van der Waals surface area contributed by atoms with E-state index in [2.05, 4.69) is 15.3 Å². The van der Waals surface area contributed by atoms with Crippen LogP contribution in [0.3, 0.4) is 0 Å². The molecule has 0 bridgehead atoms. The van der Waals surface area contributed by atoms with Gasteiger partial charge in [-0.3, -0.25) is 9.79 Å². The minimum atomic E-state index is -0.420. The van der Waals surface area contributed by atoms with Crippen LogP contribution in [-0.2, 0) is 0 Å². The molecule has 0 aliphatic carbocycles. The van der Waals surface area contributed by atoms with E-state index in [-0.39, 0.29) is 11.6 Å². The van der Waals surface area contributed by atoms with Crippen LogP contribution in [0.2, 0.25) is 0 Å². The topological polar surface area (TPSA) is 67.0 Å². The van der Waals surface area contributed by atoms with Gasteiger partial charge in [0, 0.05) is 5.71 Å². The van der Waals surface area contributed by atoms with Crippen LogP contribution in [0.4, 0.5) is 15.8 Å². The first-order valence-electron chi connectivity index (χ1n) is 8.45. The highest BCUT2D eigenvalue weighted by molar-refractivity contribution is 6.18. The van der Waals surface area contributed by atoms with E-state index in [0.29, 0.717) is 17.2 Å². The zero-order valence-corrected chi connectivity index (χ0v) is 14.5. The molecule has 1 aliphatic rings. The molecule has 4 rings (SSSR count). The average Bonchev–Trinajstić information content (AvgIpc) is 3.15. The van der Waals surface area contributed by atoms with Crippen LogP contribution in [0.5, 0.6) is 0 Å². The van der Waals surface area contributed by atoms with Gasteiger partial charge in [-0.25, -0.2) is 9.38 Å². The van der Waals surface area contributed by atoms with Gasteiger partial charge in [-0.05, 0) is 48.9 Å². The van der Waals surface area contributed by atoms with Crippen LogP contribution in [-0.4, -0.2) is 17.5 Å². The van der Waals surface area contributed by atoms with Gasteiger partial charge in [0.25, 0.3) is 5.91 Å². The number of carbonyl (C=O) groups excluding carboxylic acids is 1. The van der Waals surface area contributed by atoms with E-state index >= 15 is 0 Å². The van der Waals surface area contributed by atoms with Crippen molar-refractivity contribution in [3.05, 3.63) is 84.1 Å². The van der Waals surface area contributed by atoms with E-state index in [0.717, 1.165) is 11.3 Å². The number of benzene rings is 2. The van der Waals surface area contributed by atoms with Gasteiger partial charge < -0.3 is 9.73 Å². The molecule has 0 radical (unpaired) electrons. The molecule has 0 saturated carbocycles. The second kappa shape index (κ2) is 6.99. The number of halogens is 1. The van der Waals surface area contributed by atoms with Crippen LogP contribution in [0.25, 0.3) is 0 Å². The van der Waals surface area contributed by atoms with Crippen molar-refractivity contribution in [1.29, 1.82) is 0 Å². The molecule has 1 aliphatic heterocycles. The Labute approximate surface area is 155 Å². The highest BCUT2D eigenvalue weighted by Gasteiger charge is 2.27. The summed E-state index contributed by atoms with van der Waals surface area (Å²) in [6.07, 6.45) is 1.43. The molecule has 0 spiro atoms. The lowest BCUT2D eigenvalue weighted by molar-refractivity contribution is 0.0949. The molecule has 2 heterocycles. The molecule has 134 valence electrons. The van der Waals surface area contributed by atoms with Gasteiger partial charge in [0.05, 0.1) is 23.6 Å². The monoisotopic (exact) mass is 361 g/mol. The predicted octanol–water partition coefficient (Wildman–Crippen LogP) is 4.77. The molecule has 1 atom stereocenters. The Morgan fingerprint density at radius 3 is 2.37 bits per heavy atom. The fourth-order valence-electron chi connectivity index (χ4n) is 3.04. The van der Waals surface area contributed by atoms with Crippen molar-refractivity contribution in [3.8, 4) is 0 Å². The van der Waals surface area contributed by atoms with Crippen molar-refractivity contribution in [3.63, 3.8) is 0 Å². The first-order valence-corrected chi connectivity index (χ1v) is 8.45. The number of nitrogens with one attached hydrogen (secondary N) is 1. The lowest BCUT2D eigenvalue weighted by Crippen LogP contribution is -2.37. The highest BCUT2D eigenvalue weighted by Crippen LogP contribution is 2.34. The molecule has 1 amide bonds. The zero-order valence-electron chi connectivity index (χ0n) is 14.5. The second-order valence-corrected chi connectivity index (χ2v) is 6.15. The van der Waals surface area contributed by atoms with Gasteiger partial charge in [-0.1, -0.05) is 24.3 Å². The molecule has 6 heteroatoms. The van der Waals surface area contributed by atoms with Crippen molar-refractivity contribution < 1.29 is 13.6 Å². The van der Waals surface area contributed by atoms with Gasteiger partial charge in [-0.15, -0.1) is 0 Å². The smallest absolute Gasteiger partial charge is 0.292 e. The third-order valence-electron chi connectivity index (χ3n) is 4.30. The third kappa shape index (κ3) is 3.42. The van der Waals surface area contributed by atoms with Gasteiger partial charge in [-0.2, -0.15) is 0 Å². The summed E-state index contributed by atoms with van der Waals surface area (Å²) in [5.41, 5.74) is 2.88. The van der Waals surface area contributed by atoms with Crippen LogP contribution in [0, 0.1) is 5.82 Å². The maximum atomic E-state index is 13.4. The van der Waals surface area contributed by atoms with Gasteiger partial charge >= 0.3 is 0 Å². The van der Waals surface area contributed by atoms with Crippen LogP contribution in [0.1, 0.15) is 29.0 Å². The van der Waals surface area contributed by atoms with Crippen molar-refractivity contribution in [2.24, 2.45) is 9.98 Å². The van der Waals surface area contributed by atoms with Crippen LogP contribution < -0.4 is 5.32 Å². The Kier molecular flexibility index (Phi) is 4.38. The minimum Gasteiger partial charge on any atom is -0.459 e. The first kappa shape index (κ1) is 16.9. The molecule has 27 heavy (non-hydrogen) atoms. The van der Waals surface area contributed by atoms with Crippen LogP contribution >= 0.6 is 0 Å². The number of para-hydroxylation sites is 2. The SMILES string of the molecule is CC1=Nc2ccccc2N=C(NC(=O)c2ccco2)[C@@H]1c1ccc(F)cc1. The summed E-state index contributed by atoms with van der Waals surface area (Å²) >= 11 is 0. The van der Waals surface area contributed by atoms with Gasteiger partial charge in [0.1, 0.15) is 11.7 Å². The molecule has 0 saturated heterocycles. The maximum Gasteiger partial charge on any atom is 0.292 e. The average molecular weight is 361 g/mol. The summed E-state index contributed by atoms with van der Waals surface area (Å²) in [4.78, 5) is 21.9. The summed E-state index contributed by atoms with van der Waals surface area (Å²) in [5, 5.41) is 2.84. The zero-order chi connectivity index (χ0) is 18.8. The van der Waals surface area contributed by atoms with E-state index in [1.807, 2.05) is 31.2 Å². The summed E-state index contributed by atoms with van der Waals surface area (Å²) in [6.45, 7) is 1.87. The van der Waals surface area contributed by atoms with Gasteiger partial charge in [0.15, 0.2) is 5.76 Å². The number of aliphatic imine (C=N–C) groups is 2. The fourth-order valence-corrected chi connectivity index (χ4v) is 3.04. The normalized spacial score (nSPS) is 16.0. The summed E-state index contributed by atoms with van der Waals surface area (Å²) in [5.74, 6) is -0.560. The number of hydrogen-bond donors (Lipinski definition) is 1. The standard InChI is InChI=1S/C21H16FN3O2/c1-13-19(14-8-10-15(22)11-9-14)20(25-21(26)18-7-4-12-27-18)24-17-6-3-2-5-16(17)23-13/h2-12,19H,1H3,(H,24,25,26)/t19-/m0/s1. The molecule has 0 unspecified atom stereocenters. The predicted molar refractivity (Wildman–Crippen MR) is 102 cm³/mol. The lowest BCUT2D eigenvalue weighted by Gasteiger charge is -2.19. The molecular weight excluding hydrogens is 345 g/mol. The van der Waals surface area contributed by atoms with E-state index in [1.54, 1.807) is 24.3 Å². The van der Waals surface area contributed by atoms with Crippen molar-refractivity contribution in [2.75, 3.05) is 0 Å². The highest BCUT2D eigenvalue weighted by atomic mass is 19.1. The van der Waals surface area contributed by atoms with E-state index < -0.39 is 11.8 Å². The van der Waals surface area contributed by atoms with E-state index in [4.69, 9.17) is 4.42 Å². The van der Waals surface area contributed by atoms with Gasteiger partial charge in [0.2, 0.25) is 0 Å². The second-order valence-electron chi connectivity index (χ2n) is 6.15. The number of rotatable bonds is 2. The molecular formula is C21H16FN3O2. The molecule has 3 aromatic rings. The third-order valence-corrected chi connectivity index (χ3v) is 4.30. The number of fused-ring (bicyclic) bond motifs is 1. The molecule has 0 fully saturated rings. The van der Waals surface area contributed by atoms with Crippen LogP contribution in [0.15, 0.2) is 81.3 Å².